The number of aliphatic hydroxyl groups is 1. The van der Waals surface area contributed by atoms with E-state index in [2.05, 4.69) is 57.0 Å². The molecule has 37 heavy (non-hydrogen) atoms. The van der Waals surface area contributed by atoms with Crippen molar-refractivity contribution in [3.8, 4) is 0 Å². The van der Waals surface area contributed by atoms with Gasteiger partial charge in [-0.05, 0) is 79.6 Å². The molecule has 1 atom stereocenters. The number of aromatic nitrogens is 1. The lowest BCUT2D eigenvalue weighted by atomic mass is 10.0. The third-order valence-electron chi connectivity index (χ3n) is 7.97. The van der Waals surface area contributed by atoms with E-state index in [1.165, 1.54) is 59.6 Å². The number of rotatable bonds is 11. The first-order valence-corrected chi connectivity index (χ1v) is 13.6. The van der Waals surface area contributed by atoms with Crippen molar-refractivity contribution >= 4 is 22.9 Å². The molecule has 2 aromatic carbocycles. The van der Waals surface area contributed by atoms with E-state index in [-0.39, 0.29) is 12.6 Å². The van der Waals surface area contributed by atoms with Gasteiger partial charge in [-0.15, -0.1) is 0 Å². The highest BCUT2D eigenvalue weighted by molar-refractivity contribution is 5.90. The molecule has 7 nitrogen and oxygen atoms in total. The van der Waals surface area contributed by atoms with Crippen molar-refractivity contribution < 1.29 is 15.1 Å². The molecule has 1 aromatic heterocycles. The molecule has 1 amide bonds. The van der Waals surface area contributed by atoms with E-state index in [0.717, 1.165) is 44.5 Å². The third-order valence-corrected chi connectivity index (χ3v) is 7.97. The van der Waals surface area contributed by atoms with E-state index >= 15 is 0 Å². The minimum Gasteiger partial charge on any atom is -0.395 e. The first-order valence-electron chi connectivity index (χ1n) is 13.6. The second kappa shape index (κ2) is 12.0. The van der Waals surface area contributed by atoms with Gasteiger partial charge in [0.25, 0.3) is 5.91 Å². The summed E-state index contributed by atoms with van der Waals surface area (Å²) in [5.74, 6) is -0.537. The van der Waals surface area contributed by atoms with E-state index in [4.69, 9.17) is 5.21 Å². The fourth-order valence-corrected chi connectivity index (χ4v) is 6.09. The van der Waals surface area contributed by atoms with Crippen LogP contribution in [0.3, 0.4) is 0 Å². The summed E-state index contributed by atoms with van der Waals surface area (Å²) < 4.78 is 2.43. The van der Waals surface area contributed by atoms with Gasteiger partial charge in [-0.2, -0.15) is 0 Å². The molecule has 0 spiro atoms. The molecule has 2 aliphatic rings. The fraction of sp³-hybridized carbons (Fsp3) is 0.433. The summed E-state index contributed by atoms with van der Waals surface area (Å²) in [7, 11) is 0. The van der Waals surface area contributed by atoms with Crippen LogP contribution in [0.15, 0.2) is 54.7 Å². The summed E-state index contributed by atoms with van der Waals surface area (Å²) in [6, 6.07) is 15.3. The van der Waals surface area contributed by atoms with E-state index in [1.807, 2.05) is 6.07 Å². The SMILES string of the molecule is O=C(/C=C/c1ccc2c(c1)CCC2N(CCO)CCc1cn(CCN2CCCC2)c2ccccc12)NO. The Morgan fingerprint density at radius 1 is 1.11 bits per heavy atom. The zero-order valence-electron chi connectivity index (χ0n) is 21.5. The molecule has 1 aliphatic carbocycles. The van der Waals surface area contributed by atoms with E-state index < -0.39 is 5.91 Å². The largest absolute Gasteiger partial charge is 0.395 e. The summed E-state index contributed by atoms with van der Waals surface area (Å²) in [4.78, 5) is 16.3. The van der Waals surface area contributed by atoms with Crippen LogP contribution in [-0.2, 0) is 24.2 Å². The van der Waals surface area contributed by atoms with E-state index in [0.29, 0.717) is 6.54 Å². The van der Waals surface area contributed by atoms with Gasteiger partial charge in [-0.25, -0.2) is 5.48 Å². The van der Waals surface area contributed by atoms with Gasteiger partial charge in [-0.1, -0.05) is 36.4 Å². The number of aryl methyl sites for hydroxylation is 1. The number of para-hydroxylation sites is 1. The molecule has 0 saturated carbocycles. The molecular weight excluding hydrogens is 464 g/mol. The third kappa shape index (κ3) is 5.96. The van der Waals surface area contributed by atoms with Crippen molar-refractivity contribution in [3.63, 3.8) is 0 Å². The van der Waals surface area contributed by atoms with Crippen LogP contribution in [0.4, 0.5) is 0 Å². The van der Waals surface area contributed by atoms with E-state index in [1.54, 1.807) is 11.6 Å². The number of likely N-dealkylation sites (tertiary alicyclic amines) is 1. The van der Waals surface area contributed by atoms with Crippen LogP contribution in [0.1, 0.15) is 47.6 Å². The lowest BCUT2D eigenvalue weighted by molar-refractivity contribution is -0.124. The molecule has 1 fully saturated rings. The number of aliphatic hydroxyl groups excluding tert-OH is 1. The average molecular weight is 503 g/mol. The lowest BCUT2D eigenvalue weighted by Gasteiger charge is -2.29. The number of hydrogen-bond donors (Lipinski definition) is 3. The van der Waals surface area contributed by atoms with Crippen LogP contribution in [0.5, 0.6) is 0 Å². The number of fused-ring (bicyclic) bond motifs is 2. The van der Waals surface area contributed by atoms with Gasteiger partial charge in [0.2, 0.25) is 0 Å². The van der Waals surface area contributed by atoms with Gasteiger partial charge < -0.3 is 14.6 Å². The predicted octanol–water partition coefficient (Wildman–Crippen LogP) is 3.78. The Labute approximate surface area is 219 Å². The number of nitrogens with zero attached hydrogens (tertiary/aromatic N) is 3. The van der Waals surface area contributed by atoms with Crippen LogP contribution in [-0.4, -0.2) is 69.9 Å². The molecule has 2 heterocycles. The molecule has 196 valence electrons. The predicted molar refractivity (Wildman–Crippen MR) is 146 cm³/mol. The van der Waals surface area contributed by atoms with Gasteiger partial charge in [-0.3, -0.25) is 14.9 Å². The van der Waals surface area contributed by atoms with Crippen LogP contribution < -0.4 is 5.48 Å². The number of benzene rings is 2. The number of carbonyl (C=O) groups excluding carboxylic acids is 1. The maximum Gasteiger partial charge on any atom is 0.267 e. The number of amides is 1. The molecule has 5 rings (SSSR count). The summed E-state index contributed by atoms with van der Waals surface area (Å²) in [6.07, 6.45) is 11.0. The van der Waals surface area contributed by atoms with Gasteiger partial charge in [0.15, 0.2) is 0 Å². The molecule has 3 aromatic rings. The highest BCUT2D eigenvalue weighted by atomic mass is 16.5. The first-order chi connectivity index (χ1) is 18.2. The number of hydrogen-bond acceptors (Lipinski definition) is 5. The van der Waals surface area contributed by atoms with Crippen molar-refractivity contribution in [2.75, 3.05) is 39.3 Å². The summed E-state index contributed by atoms with van der Waals surface area (Å²) in [5, 5.41) is 19.9. The van der Waals surface area contributed by atoms with Crippen molar-refractivity contribution in [3.05, 3.63) is 77.0 Å². The number of hydroxylamine groups is 1. The monoisotopic (exact) mass is 502 g/mol. The summed E-state index contributed by atoms with van der Waals surface area (Å²) in [5.41, 5.74) is 7.85. The molecule has 1 unspecified atom stereocenters. The molecule has 1 saturated heterocycles. The average Bonchev–Trinajstić information content (AvgIpc) is 3.67. The maximum absolute atomic E-state index is 11.3. The fourth-order valence-electron chi connectivity index (χ4n) is 6.09. The molecule has 0 radical (unpaired) electrons. The Morgan fingerprint density at radius 2 is 1.95 bits per heavy atom. The minimum atomic E-state index is -0.537. The normalized spacial score (nSPS) is 17.9. The maximum atomic E-state index is 11.3. The van der Waals surface area contributed by atoms with Crippen molar-refractivity contribution in [2.45, 2.75) is 44.7 Å². The molecule has 3 N–H and O–H groups in total. The molecular formula is C30H38N4O3. The first kappa shape index (κ1) is 25.7. The van der Waals surface area contributed by atoms with Crippen molar-refractivity contribution in [1.29, 1.82) is 0 Å². The quantitative estimate of drug-likeness (QED) is 0.211. The Hall–Kier alpha value is -2.97. The highest BCUT2D eigenvalue weighted by Crippen LogP contribution is 2.36. The Bertz CT molecular complexity index is 1240. The van der Waals surface area contributed by atoms with Crippen molar-refractivity contribution in [1.82, 2.24) is 19.8 Å². The van der Waals surface area contributed by atoms with E-state index in [9.17, 15) is 9.90 Å². The lowest BCUT2D eigenvalue weighted by Crippen LogP contribution is -2.32. The minimum absolute atomic E-state index is 0.139. The van der Waals surface area contributed by atoms with Gasteiger partial charge in [0, 0.05) is 55.4 Å². The van der Waals surface area contributed by atoms with Crippen LogP contribution >= 0.6 is 0 Å². The Kier molecular flexibility index (Phi) is 8.36. The standard InChI is InChI=1S/C30H38N4O3/c35-20-19-33(29-11-9-24-21-23(7-10-27(24)29)8-12-30(36)31-37)16-13-25-22-34(18-17-32-14-3-4-15-32)28-6-2-1-5-26(25)28/h1-2,5-8,10,12,21-22,29,35,37H,3-4,9,11,13-20H2,(H,31,36)/b12-8+. The van der Waals surface area contributed by atoms with Crippen molar-refractivity contribution in [2.24, 2.45) is 0 Å². The number of carbonyl (C=O) groups is 1. The molecule has 0 bridgehead atoms. The zero-order chi connectivity index (χ0) is 25.6. The molecule has 1 aliphatic heterocycles. The zero-order valence-corrected chi connectivity index (χ0v) is 21.5. The van der Waals surface area contributed by atoms with Gasteiger partial charge >= 0.3 is 0 Å². The van der Waals surface area contributed by atoms with Crippen LogP contribution in [0, 0.1) is 0 Å². The van der Waals surface area contributed by atoms with Gasteiger partial charge in [0.05, 0.1) is 6.61 Å². The smallest absolute Gasteiger partial charge is 0.267 e. The van der Waals surface area contributed by atoms with Gasteiger partial charge in [0.1, 0.15) is 0 Å². The number of nitrogens with one attached hydrogen (secondary N) is 1. The highest BCUT2D eigenvalue weighted by Gasteiger charge is 2.28. The second-order valence-corrected chi connectivity index (χ2v) is 10.2. The van der Waals surface area contributed by atoms with Crippen LogP contribution in [0.2, 0.25) is 0 Å². The summed E-state index contributed by atoms with van der Waals surface area (Å²) >= 11 is 0. The second-order valence-electron chi connectivity index (χ2n) is 10.2. The van der Waals surface area contributed by atoms with Crippen LogP contribution in [0.25, 0.3) is 17.0 Å². The summed E-state index contributed by atoms with van der Waals surface area (Å²) in [6.45, 7) is 6.25. The topological polar surface area (TPSA) is 81.0 Å². The molecule has 7 heteroatoms. The Morgan fingerprint density at radius 3 is 2.76 bits per heavy atom. The Balaban J connectivity index is 1.29.